The molecule has 144 valence electrons. The Labute approximate surface area is 167 Å². The van der Waals surface area contributed by atoms with Gasteiger partial charge in [0.15, 0.2) is 4.96 Å². The second-order valence-corrected chi connectivity index (χ2v) is 9.30. The number of hydrogen-bond acceptors (Lipinski definition) is 5. The van der Waals surface area contributed by atoms with E-state index >= 15 is 0 Å². The molecule has 4 aliphatic heterocycles. The quantitative estimate of drug-likeness (QED) is 0.736. The van der Waals surface area contributed by atoms with Crippen LogP contribution >= 0.6 is 11.3 Å². The number of carbonyl (C=O) groups excluding carboxylic acids is 1. The molecule has 0 radical (unpaired) electrons. The molecule has 3 aromatic rings. The first-order valence-corrected chi connectivity index (χ1v) is 10.8. The lowest BCUT2D eigenvalue weighted by molar-refractivity contribution is 0.0179. The first kappa shape index (κ1) is 16.7. The van der Waals surface area contributed by atoms with Gasteiger partial charge in [0.05, 0.1) is 0 Å². The molecule has 4 saturated heterocycles. The van der Waals surface area contributed by atoms with Gasteiger partial charge in [-0.1, -0.05) is 30.3 Å². The summed E-state index contributed by atoms with van der Waals surface area (Å²) in [6, 6.07) is 10.9. The minimum Gasteiger partial charge on any atom is -0.347 e. The molecule has 6 nitrogen and oxygen atoms in total. The van der Waals surface area contributed by atoms with Crippen LogP contribution in [0.25, 0.3) is 4.96 Å². The van der Waals surface area contributed by atoms with Gasteiger partial charge in [-0.3, -0.25) is 9.20 Å². The summed E-state index contributed by atoms with van der Waals surface area (Å²) in [4.78, 5) is 23.7. The molecule has 6 heterocycles. The molecule has 3 atom stereocenters. The summed E-state index contributed by atoms with van der Waals surface area (Å²) in [5.74, 6) is 0.394. The zero-order valence-electron chi connectivity index (χ0n) is 15.6. The van der Waals surface area contributed by atoms with Crippen LogP contribution in [0.15, 0.2) is 48.1 Å². The number of imidazole rings is 1. The van der Waals surface area contributed by atoms with Crippen LogP contribution in [0.4, 0.5) is 0 Å². The highest BCUT2D eigenvalue weighted by Gasteiger charge is 2.55. The van der Waals surface area contributed by atoms with Crippen LogP contribution in [0.3, 0.4) is 0 Å². The van der Waals surface area contributed by atoms with Crippen LogP contribution < -0.4 is 5.32 Å². The number of carbonyl (C=O) groups is 1. The SMILES string of the molecule is O=C(N[C@H]1C2CN3CCN(C2)CC1(c1ccccc1)C3)c1cn2ccsc2n1. The van der Waals surface area contributed by atoms with E-state index in [9.17, 15) is 4.79 Å². The maximum Gasteiger partial charge on any atom is 0.271 e. The topological polar surface area (TPSA) is 52.9 Å². The van der Waals surface area contributed by atoms with E-state index in [0.717, 1.165) is 44.2 Å². The number of hydrogen-bond donors (Lipinski definition) is 1. The van der Waals surface area contributed by atoms with E-state index in [2.05, 4.69) is 50.4 Å². The minimum absolute atomic E-state index is 0.0487. The number of fused-ring (bicyclic) bond motifs is 2. The lowest BCUT2D eigenvalue weighted by Crippen LogP contribution is -2.70. The maximum atomic E-state index is 13.2. The third kappa shape index (κ3) is 2.46. The summed E-state index contributed by atoms with van der Waals surface area (Å²) in [6.45, 7) is 6.40. The molecule has 7 heteroatoms. The third-order valence-electron chi connectivity index (χ3n) is 6.76. The van der Waals surface area contributed by atoms with Crippen LogP contribution in [0.5, 0.6) is 0 Å². The van der Waals surface area contributed by atoms with Crippen LogP contribution in [0.1, 0.15) is 16.1 Å². The summed E-state index contributed by atoms with van der Waals surface area (Å²) in [7, 11) is 0. The monoisotopic (exact) mass is 393 g/mol. The molecule has 0 saturated carbocycles. The second-order valence-electron chi connectivity index (χ2n) is 8.42. The van der Waals surface area contributed by atoms with Crippen molar-refractivity contribution in [2.75, 3.05) is 39.3 Å². The second kappa shape index (κ2) is 6.14. The van der Waals surface area contributed by atoms with Crippen LogP contribution in [-0.4, -0.2) is 70.4 Å². The highest BCUT2D eigenvalue weighted by atomic mass is 32.1. The van der Waals surface area contributed by atoms with Crippen molar-refractivity contribution < 1.29 is 4.79 Å². The van der Waals surface area contributed by atoms with E-state index in [0.29, 0.717) is 11.6 Å². The number of nitrogens with zero attached hydrogens (tertiary/aromatic N) is 4. The Kier molecular flexibility index (Phi) is 3.66. The molecular formula is C21H23N5OS. The van der Waals surface area contributed by atoms with Crippen molar-refractivity contribution in [2.24, 2.45) is 5.92 Å². The molecule has 0 aliphatic carbocycles. The average Bonchev–Trinajstić information content (AvgIpc) is 3.21. The number of nitrogens with one attached hydrogen (secondary N) is 1. The predicted molar refractivity (Wildman–Crippen MR) is 109 cm³/mol. The normalized spacial score (nSPS) is 33.9. The van der Waals surface area contributed by atoms with Crippen molar-refractivity contribution in [2.45, 2.75) is 11.5 Å². The fourth-order valence-corrected chi connectivity index (χ4v) is 6.32. The molecule has 7 rings (SSSR count). The summed E-state index contributed by atoms with van der Waals surface area (Å²) < 4.78 is 1.92. The Hall–Kier alpha value is -2.22. The van der Waals surface area contributed by atoms with Crippen molar-refractivity contribution in [3.8, 4) is 0 Å². The summed E-state index contributed by atoms with van der Waals surface area (Å²) in [5.41, 5.74) is 1.79. The highest BCUT2D eigenvalue weighted by molar-refractivity contribution is 7.15. The highest BCUT2D eigenvalue weighted by Crippen LogP contribution is 2.43. The van der Waals surface area contributed by atoms with Crippen molar-refractivity contribution >= 4 is 22.2 Å². The lowest BCUT2D eigenvalue weighted by Gasteiger charge is -2.55. The molecule has 0 spiro atoms. The zero-order chi connectivity index (χ0) is 18.7. The van der Waals surface area contributed by atoms with Gasteiger partial charge < -0.3 is 15.1 Å². The number of aromatic nitrogens is 2. The predicted octanol–water partition coefficient (Wildman–Crippen LogP) is 1.69. The van der Waals surface area contributed by atoms with Gasteiger partial charge in [0.1, 0.15) is 5.69 Å². The lowest BCUT2D eigenvalue weighted by atomic mass is 9.64. The largest absolute Gasteiger partial charge is 0.347 e. The minimum atomic E-state index is -0.0638. The van der Waals surface area contributed by atoms with Crippen LogP contribution in [-0.2, 0) is 5.41 Å². The summed E-state index contributed by atoms with van der Waals surface area (Å²) >= 11 is 1.55. The summed E-state index contributed by atoms with van der Waals surface area (Å²) in [5, 5.41) is 5.42. The van der Waals surface area contributed by atoms with E-state index in [4.69, 9.17) is 0 Å². The van der Waals surface area contributed by atoms with E-state index in [1.54, 1.807) is 11.3 Å². The van der Waals surface area contributed by atoms with Crippen molar-refractivity contribution in [3.63, 3.8) is 0 Å². The fourth-order valence-electron chi connectivity index (χ4n) is 5.62. The van der Waals surface area contributed by atoms with E-state index in [1.165, 1.54) is 5.56 Å². The number of benzene rings is 1. The molecule has 1 aromatic carbocycles. The molecule has 2 aromatic heterocycles. The molecule has 4 aliphatic rings. The van der Waals surface area contributed by atoms with E-state index < -0.39 is 0 Å². The van der Waals surface area contributed by atoms with Crippen molar-refractivity contribution in [1.29, 1.82) is 0 Å². The molecule has 1 amide bonds. The van der Waals surface area contributed by atoms with E-state index in [-0.39, 0.29) is 17.4 Å². The Morgan fingerprint density at radius 1 is 1.14 bits per heavy atom. The fraction of sp³-hybridized carbons (Fsp3) is 0.429. The third-order valence-corrected chi connectivity index (χ3v) is 7.53. The van der Waals surface area contributed by atoms with Gasteiger partial charge in [-0.05, 0) is 5.56 Å². The number of rotatable bonds is 3. The van der Waals surface area contributed by atoms with Crippen molar-refractivity contribution in [3.05, 3.63) is 59.4 Å². The van der Waals surface area contributed by atoms with Gasteiger partial charge in [-0.2, -0.15) is 0 Å². The van der Waals surface area contributed by atoms with Crippen LogP contribution in [0, 0.1) is 5.92 Å². The van der Waals surface area contributed by atoms with Gasteiger partial charge in [0.2, 0.25) is 0 Å². The van der Waals surface area contributed by atoms with Gasteiger partial charge in [-0.15, -0.1) is 11.3 Å². The van der Waals surface area contributed by atoms with Crippen molar-refractivity contribution in [1.82, 2.24) is 24.5 Å². The Bertz CT molecular complexity index is 983. The Morgan fingerprint density at radius 3 is 2.61 bits per heavy atom. The molecule has 4 fully saturated rings. The molecule has 1 N–H and O–H groups in total. The van der Waals surface area contributed by atoms with Crippen LogP contribution in [0.2, 0.25) is 0 Å². The van der Waals surface area contributed by atoms with E-state index in [1.807, 2.05) is 22.2 Å². The molecule has 2 unspecified atom stereocenters. The van der Waals surface area contributed by atoms with Gasteiger partial charge in [-0.25, -0.2) is 4.98 Å². The molecule has 4 bridgehead atoms. The maximum absolute atomic E-state index is 13.2. The Balaban J connectivity index is 1.38. The van der Waals surface area contributed by atoms with Gasteiger partial charge in [0, 0.05) is 74.4 Å². The smallest absolute Gasteiger partial charge is 0.271 e. The summed E-state index contributed by atoms with van der Waals surface area (Å²) in [6.07, 6.45) is 3.79. The number of amides is 1. The zero-order valence-corrected chi connectivity index (χ0v) is 16.4. The van der Waals surface area contributed by atoms with Gasteiger partial charge >= 0.3 is 0 Å². The number of piperidine rings is 2. The average molecular weight is 394 g/mol. The number of thiazole rings is 1. The first-order valence-electron chi connectivity index (χ1n) is 9.95. The molecule has 28 heavy (non-hydrogen) atoms. The first-order chi connectivity index (χ1) is 13.7. The Morgan fingerprint density at radius 2 is 1.89 bits per heavy atom. The molecular weight excluding hydrogens is 370 g/mol. The standard InChI is InChI=1S/C21H23N5OS/c27-19(17-12-26-8-9-28-20(26)22-17)23-18-15-10-24-6-7-25(11-15)14-21(18,13-24)16-4-2-1-3-5-16/h1-5,8-9,12,15,18H,6-7,10-11,13-14H2,(H,23,27)/t15?,18-,21?/m0/s1. The van der Waals surface area contributed by atoms with Gasteiger partial charge in [0.25, 0.3) is 5.91 Å².